The van der Waals surface area contributed by atoms with Gasteiger partial charge < -0.3 is 9.66 Å². The monoisotopic (exact) mass is 170 g/mol. The second kappa shape index (κ2) is 3.41. The lowest BCUT2D eigenvalue weighted by atomic mass is 10.2. The Bertz CT molecular complexity index is 272. The van der Waals surface area contributed by atoms with Crippen LogP contribution in [-0.2, 0) is 0 Å². The van der Waals surface area contributed by atoms with Gasteiger partial charge in [-0.2, -0.15) is 0 Å². The lowest BCUT2D eigenvalue weighted by molar-refractivity contribution is 0.0696. The zero-order valence-corrected chi connectivity index (χ0v) is 6.34. The standard InChI is InChI=1S/C7H6O3S/c8-7(9)5-2-1-3-6(4-5)11-10/h1-4,10H,(H,8,9). The molecule has 0 radical (unpaired) electrons. The highest BCUT2D eigenvalue weighted by Crippen LogP contribution is 2.15. The minimum atomic E-state index is -0.985. The quantitative estimate of drug-likeness (QED) is 0.666. The molecule has 2 N–H and O–H groups in total. The molecule has 0 aliphatic rings. The van der Waals surface area contributed by atoms with E-state index in [4.69, 9.17) is 9.66 Å². The Hall–Kier alpha value is -1.00. The number of carbonyl (C=O) groups is 1. The molecule has 0 aliphatic carbocycles. The predicted octanol–water partition coefficient (Wildman–Crippen LogP) is 1.95. The molecule has 0 aromatic heterocycles. The zero-order valence-electron chi connectivity index (χ0n) is 5.52. The van der Waals surface area contributed by atoms with E-state index in [0.29, 0.717) is 16.9 Å². The van der Waals surface area contributed by atoms with Gasteiger partial charge in [0.15, 0.2) is 0 Å². The third kappa shape index (κ3) is 1.96. The average molecular weight is 170 g/mol. The van der Waals surface area contributed by atoms with Crippen molar-refractivity contribution in [2.24, 2.45) is 0 Å². The maximum Gasteiger partial charge on any atom is 0.335 e. The Morgan fingerprint density at radius 2 is 2.18 bits per heavy atom. The minimum absolute atomic E-state index is 0.184. The number of hydrogen-bond acceptors (Lipinski definition) is 3. The molecule has 0 bridgehead atoms. The normalized spacial score (nSPS) is 9.55. The molecule has 0 atom stereocenters. The van der Waals surface area contributed by atoms with E-state index in [1.165, 1.54) is 12.1 Å². The van der Waals surface area contributed by atoms with Crippen molar-refractivity contribution in [1.29, 1.82) is 0 Å². The number of rotatable bonds is 2. The Labute approximate surface area is 67.9 Å². The Morgan fingerprint density at radius 3 is 2.73 bits per heavy atom. The van der Waals surface area contributed by atoms with Gasteiger partial charge in [-0.15, -0.1) is 0 Å². The summed E-state index contributed by atoms with van der Waals surface area (Å²) in [6.07, 6.45) is 0. The third-order valence-electron chi connectivity index (χ3n) is 1.19. The SMILES string of the molecule is O=C(O)c1cccc(SO)c1. The zero-order chi connectivity index (χ0) is 8.27. The molecular formula is C7H6O3S. The van der Waals surface area contributed by atoms with Crippen LogP contribution in [0.5, 0.6) is 0 Å². The van der Waals surface area contributed by atoms with Gasteiger partial charge in [0.1, 0.15) is 0 Å². The molecule has 11 heavy (non-hydrogen) atoms. The smallest absolute Gasteiger partial charge is 0.335 e. The number of carboxylic acids is 1. The van der Waals surface area contributed by atoms with Gasteiger partial charge >= 0.3 is 5.97 Å². The summed E-state index contributed by atoms with van der Waals surface area (Å²) in [4.78, 5) is 10.9. The average Bonchev–Trinajstić information content (AvgIpc) is 2.05. The summed E-state index contributed by atoms with van der Waals surface area (Å²) in [5.41, 5.74) is 0.184. The van der Waals surface area contributed by atoms with Gasteiger partial charge in [-0.3, -0.25) is 0 Å². The van der Waals surface area contributed by atoms with Gasteiger partial charge in [-0.1, -0.05) is 6.07 Å². The molecule has 0 heterocycles. The van der Waals surface area contributed by atoms with Crippen molar-refractivity contribution in [2.45, 2.75) is 4.90 Å². The highest BCUT2D eigenvalue weighted by molar-refractivity contribution is 7.93. The summed E-state index contributed by atoms with van der Waals surface area (Å²) in [6.45, 7) is 0. The maximum absolute atomic E-state index is 10.4. The molecule has 1 rings (SSSR count). The van der Waals surface area contributed by atoms with Gasteiger partial charge in [0.2, 0.25) is 0 Å². The second-order valence-corrected chi connectivity index (χ2v) is 2.58. The van der Waals surface area contributed by atoms with E-state index in [1.807, 2.05) is 0 Å². The first kappa shape index (κ1) is 8.10. The Morgan fingerprint density at radius 1 is 1.45 bits per heavy atom. The minimum Gasteiger partial charge on any atom is -0.478 e. The van der Waals surface area contributed by atoms with Crippen LogP contribution in [0.15, 0.2) is 29.2 Å². The van der Waals surface area contributed by atoms with Crippen LogP contribution in [0.4, 0.5) is 0 Å². The van der Waals surface area contributed by atoms with E-state index in [-0.39, 0.29) is 5.56 Å². The van der Waals surface area contributed by atoms with Crippen LogP contribution >= 0.6 is 12.0 Å². The molecule has 1 aromatic carbocycles. The van der Waals surface area contributed by atoms with Crippen LogP contribution in [0.3, 0.4) is 0 Å². The molecule has 0 amide bonds. The van der Waals surface area contributed by atoms with E-state index in [9.17, 15) is 4.79 Å². The van der Waals surface area contributed by atoms with Crippen LogP contribution in [0.25, 0.3) is 0 Å². The molecule has 4 heteroatoms. The number of benzene rings is 1. The summed E-state index contributed by atoms with van der Waals surface area (Å²) in [6, 6.07) is 6.11. The molecule has 0 aliphatic heterocycles. The molecule has 0 saturated carbocycles. The van der Waals surface area contributed by atoms with Crippen LogP contribution in [0, 0.1) is 0 Å². The summed E-state index contributed by atoms with van der Waals surface area (Å²) in [5.74, 6) is -0.985. The van der Waals surface area contributed by atoms with Crippen molar-refractivity contribution in [1.82, 2.24) is 0 Å². The summed E-state index contributed by atoms with van der Waals surface area (Å²) in [7, 11) is 0. The first-order valence-corrected chi connectivity index (χ1v) is 3.66. The first-order valence-electron chi connectivity index (χ1n) is 2.89. The van der Waals surface area contributed by atoms with Crippen molar-refractivity contribution >= 4 is 18.0 Å². The fourth-order valence-electron chi connectivity index (χ4n) is 0.686. The first-order chi connectivity index (χ1) is 5.24. The van der Waals surface area contributed by atoms with Crippen molar-refractivity contribution in [3.63, 3.8) is 0 Å². The molecular weight excluding hydrogens is 164 g/mol. The van der Waals surface area contributed by atoms with E-state index >= 15 is 0 Å². The van der Waals surface area contributed by atoms with Gasteiger partial charge in [0.05, 0.1) is 5.56 Å². The van der Waals surface area contributed by atoms with Gasteiger partial charge in [-0.25, -0.2) is 4.79 Å². The number of hydrogen-bond donors (Lipinski definition) is 2. The fraction of sp³-hybridized carbons (Fsp3) is 0. The van der Waals surface area contributed by atoms with Crippen LogP contribution < -0.4 is 0 Å². The van der Waals surface area contributed by atoms with Crippen LogP contribution in [0.2, 0.25) is 0 Å². The maximum atomic E-state index is 10.4. The molecule has 1 aromatic rings. The van der Waals surface area contributed by atoms with Crippen LogP contribution in [-0.4, -0.2) is 15.6 Å². The van der Waals surface area contributed by atoms with E-state index < -0.39 is 5.97 Å². The van der Waals surface area contributed by atoms with Crippen molar-refractivity contribution in [2.75, 3.05) is 0 Å². The summed E-state index contributed by atoms with van der Waals surface area (Å²) >= 11 is 0.537. The van der Waals surface area contributed by atoms with Crippen LogP contribution in [0.1, 0.15) is 10.4 Å². The summed E-state index contributed by atoms with van der Waals surface area (Å²) < 4.78 is 8.57. The number of aromatic carboxylic acids is 1. The third-order valence-corrected chi connectivity index (χ3v) is 1.65. The van der Waals surface area contributed by atoms with Gasteiger partial charge in [0, 0.05) is 16.9 Å². The molecule has 58 valence electrons. The lowest BCUT2D eigenvalue weighted by Crippen LogP contribution is -1.94. The second-order valence-electron chi connectivity index (χ2n) is 1.92. The Kier molecular flexibility index (Phi) is 2.51. The van der Waals surface area contributed by atoms with E-state index in [2.05, 4.69) is 0 Å². The number of carboxylic acid groups (broad SMARTS) is 1. The largest absolute Gasteiger partial charge is 0.478 e. The topological polar surface area (TPSA) is 57.5 Å². The predicted molar refractivity (Wildman–Crippen MR) is 41.9 cm³/mol. The highest BCUT2D eigenvalue weighted by atomic mass is 32.2. The Balaban J connectivity index is 3.01. The molecule has 0 fully saturated rings. The summed E-state index contributed by atoms with van der Waals surface area (Å²) in [5, 5.41) is 8.51. The lowest BCUT2D eigenvalue weighted by Gasteiger charge is -1.95. The molecule has 3 nitrogen and oxygen atoms in total. The van der Waals surface area contributed by atoms with Gasteiger partial charge in [-0.05, 0) is 18.2 Å². The molecule has 0 unspecified atom stereocenters. The molecule has 0 saturated heterocycles. The van der Waals surface area contributed by atoms with Crippen molar-refractivity contribution in [3.05, 3.63) is 29.8 Å². The molecule has 0 spiro atoms. The van der Waals surface area contributed by atoms with E-state index in [0.717, 1.165) is 0 Å². The highest BCUT2D eigenvalue weighted by Gasteiger charge is 2.01. The van der Waals surface area contributed by atoms with Crippen molar-refractivity contribution in [3.8, 4) is 0 Å². The van der Waals surface area contributed by atoms with Gasteiger partial charge in [0.25, 0.3) is 0 Å². The fourth-order valence-corrected chi connectivity index (χ4v) is 1.01. The van der Waals surface area contributed by atoms with Crippen molar-refractivity contribution < 1.29 is 14.5 Å². The van der Waals surface area contributed by atoms with E-state index in [1.54, 1.807) is 12.1 Å².